The molecule has 1 saturated heterocycles. The molecule has 1 heterocycles. The second-order valence-electron chi connectivity index (χ2n) is 5.94. The van der Waals surface area contributed by atoms with E-state index in [-0.39, 0.29) is 11.6 Å². The van der Waals surface area contributed by atoms with Gasteiger partial charge in [0, 0.05) is 29.5 Å². The number of morpholine rings is 1. The Morgan fingerprint density at radius 2 is 1.77 bits per heavy atom. The molecule has 1 aliphatic rings. The summed E-state index contributed by atoms with van der Waals surface area (Å²) >= 11 is 3.35. The fourth-order valence-corrected chi connectivity index (χ4v) is 3.11. The Labute approximate surface area is 160 Å². The number of nitrogens with zero attached hydrogens (tertiary/aromatic N) is 2. The van der Waals surface area contributed by atoms with Crippen molar-refractivity contribution in [3.63, 3.8) is 0 Å². The Kier molecular flexibility index (Phi) is 6.30. The molecule has 0 atom stereocenters. The lowest BCUT2D eigenvalue weighted by Crippen LogP contribution is -2.44. The van der Waals surface area contributed by atoms with Crippen molar-refractivity contribution in [1.82, 2.24) is 4.90 Å². The number of aliphatic imine (C=N–C) groups is 1. The zero-order chi connectivity index (χ0) is 18.4. The van der Waals surface area contributed by atoms with Gasteiger partial charge in [-0.05, 0) is 23.8 Å². The smallest absolute Gasteiger partial charge is 0.277 e. The molecule has 0 spiro atoms. The van der Waals surface area contributed by atoms with E-state index < -0.39 is 5.91 Å². The molecule has 2 amide bonds. The predicted molar refractivity (Wildman–Crippen MR) is 103 cm³/mol. The highest BCUT2D eigenvalue weighted by Crippen LogP contribution is 2.13. The first-order valence-corrected chi connectivity index (χ1v) is 9.21. The standard InChI is InChI=1S/C20H19BrN2O3/c21-17-8-4-7-16(14-17)19(24)22-18(13-15-5-2-1-3-6-15)20(25)23-9-11-26-12-10-23/h1-8,14H,9-13H2. The lowest BCUT2D eigenvalue weighted by molar-refractivity contribution is -0.128. The summed E-state index contributed by atoms with van der Waals surface area (Å²) in [6, 6.07) is 16.6. The summed E-state index contributed by atoms with van der Waals surface area (Å²) in [5.41, 5.74) is 1.64. The van der Waals surface area contributed by atoms with Gasteiger partial charge in [0.1, 0.15) is 5.71 Å². The van der Waals surface area contributed by atoms with Crippen molar-refractivity contribution in [3.8, 4) is 0 Å². The van der Waals surface area contributed by atoms with Gasteiger partial charge in [-0.1, -0.05) is 52.3 Å². The summed E-state index contributed by atoms with van der Waals surface area (Å²) < 4.78 is 6.10. The van der Waals surface area contributed by atoms with Gasteiger partial charge >= 0.3 is 0 Å². The molecule has 2 aromatic rings. The Morgan fingerprint density at radius 1 is 1.04 bits per heavy atom. The van der Waals surface area contributed by atoms with Crippen LogP contribution < -0.4 is 0 Å². The summed E-state index contributed by atoms with van der Waals surface area (Å²) in [6.45, 7) is 2.03. The molecule has 1 aliphatic heterocycles. The number of halogens is 1. The molecule has 0 aromatic heterocycles. The van der Waals surface area contributed by atoms with Crippen LogP contribution in [0.5, 0.6) is 0 Å². The number of hydrogen-bond acceptors (Lipinski definition) is 3. The van der Waals surface area contributed by atoms with Crippen molar-refractivity contribution in [2.45, 2.75) is 6.42 Å². The van der Waals surface area contributed by atoms with Crippen molar-refractivity contribution in [2.75, 3.05) is 26.3 Å². The van der Waals surface area contributed by atoms with E-state index in [9.17, 15) is 9.59 Å². The van der Waals surface area contributed by atoms with Gasteiger partial charge in [0.05, 0.1) is 13.2 Å². The van der Waals surface area contributed by atoms with Gasteiger partial charge in [0.15, 0.2) is 0 Å². The highest BCUT2D eigenvalue weighted by molar-refractivity contribution is 9.10. The Bertz CT molecular complexity index is 815. The number of hydrogen-bond donors (Lipinski definition) is 0. The van der Waals surface area contributed by atoms with Crippen LogP contribution in [0.25, 0.3) is 0 Å². The molecule has 3 rings (SSSR count). The minimum Gasteiger partial charge on any atom is -0.378 e. The van der Waals surface area contributed by atoms with E-state index in [0.717, 1.165) is 10.0 Å². The molecule has 0 saturated carbocycles. The molecule has 0 N–H and O–H groups in total. The van der Waals surface area contributed by atoms with E-state index in [1.807, 2.05) is 36.4 Å². The van der Waals surface area contributed by atoms with Gasteiger partial charge in [-0.25, -0.2) is 4.99 Å². The van der Waals surface area contributed by atoms with Gasteiger partial charge in [-0.15, -0.1) is 0 Å². The van der Waals surface area contributed by atoms with Gasteiger partial charge < -0.3 is 9.64 Å². The van der Waals surface area contributed by atoms with Gasteiger partial charge in [-0.3, -0.25) is 9.59 Å². The molecule has 0 radical (unpaired) electrons. The summed E-state index contributed by atoms with van der Waals surface area (Å²) in [6.07, 6.45) is 0.316. The van der Waals surface area contributed by atoms with Crippen LogP contribution in [0.2, 0.25) is 0 Å². The molecular formula is C20H19BrN2O3. The van der Waals surface area contributed by atoms with E-state index in [4.69, 9.17) is 4.74 Å². The summed E-state index contributed by atoms with van der Waals surface area (Å²) in [7, 11) is 0. The molecule has 134 valence electrons. The second kappa shape index (κ2) is 8.87. The van der Waals surface area contributed by atoms with Crippen LogP contribution in [-0.2, 0) is 16.0 Å². The molecule has 0 aliphatic carbocycles. The third-order valence-electron chi connectivity index (χ3n) is 4.07. The van der Waals surface area contributed by atoms with Crippen LogP contribution in [0.1, 0.15) is 15.9 Å². The van der Waals surface area contributed by atoms with E-state index >= 15 is 0 Å². The average Bonchev–Trinajstić information content (AvgIpc) is 2.68. The van der Waals surface area contributed by atoms with Crippen LogP contribution in [0, 0.1) is 0 Å². The third kappa shape index (κ3) is 4.86. The zero-order valence-corrected chi connectivity index (χ0v) is 15.8. The zero-order valence-electron chi connectivity index (χ0n) is 14.2. The maximum Gasteiger partial charge on any atom is 0.277 e. The summed E-state index contributed by atoms with van der Waals surface area (Å²) in [5, 5.41) is 0. The van der Waals surface area contributed by atoms with Crippen LogP contribution >= 0.6 is 15.9 Å². The molecule has 2 aromatic carbocycles. The Morgan fingerprint density at radius 3 is 2.46 bits per heavy atom. The van der Waals surface area contributed by atoms with E-state index in [0.29, 0.717) is 38.3 Å². The van der Waals surface area contributed by atoms with Crippen molar-refractivity contribution in [1.29, 1.82) is 0 Å². The SMILES string of the molecule is O=C(N=C(Cc1ccccc1)C(=O)N1CCOCC1)c1cccc(Br)c1. The van der Waals surface area contributed by atoms with Crippen LogP contribution in [0.4, 0.5) is 0 Å². The van der Waals surface area contributed by atoms with E-state index in [1.165, 1.54) is 0 Å². The topological polar surface area (TPSA) is 59.0 Å². The first-order valence-electron chi connectivity index (χ1n) is 8.42. The van der Waals surface area contributed by atoms with Gasteiger partial charge in [0.2, 0.25) is 0 Å². The van der Waals surface area contributed by atoms with E-state index in [1.54, 1.807) is 23.1 Å². The second-order valence-corrected chi connectivity index (χ2v) is 6.86. The highest BCUT2D eigenvalue weighted by Gasteiger charge is 2.23. The van der Waals surface area contributed by atoms with Crippen molar-refractivity contribution < 1.29 is 14.3 Å². The molecular weight excluding hydrogens is 396 g/mol. The lowest BCUT2D eigenvalue weighted by Gasteiger charge is -2.27. The van der Waals surface area contributed by atoms with Crippen molar-refractivity contribution >= 4 is 33.5 Å². The third-order valence-corrected chi connectivity index (χ3v) is 4.56. The van der Waals surface area contributed by atoms with E-state index in [2.05, 4.69) is 20.9 Å². The quantitative estimate of drug-likeness (QED) is 0.722. The fourth-order valence-electron chi connectivity index (χ4n) is 2.71. The number of ether oxygens (including phenoxy) is 1. The van der Waals surface area contributed by atoms with Gasteiger partial charge in [0.25, 0.3) is 11.8 Å². The molecule has 6 heteroatoms. The number of benzene rings is 2. The molecule has 1 fully saturated rings. The summed E-state index contributed by atoms with van der Waals surface area (Å²) in [5.74, 6) is -0.626. The normalized spacial score (nSPS) is 15.0. The molecule has 0 unspecified atom stereocenters. The number of amides is 2. The number of carbonyl (C=O) groups excluding carboxylic acids is 2. The maximum atomic E-state index is 12.9. The molecule has 0 bridgehead atoms. The highest BCUT2D eigenvalue weighted by atomic mass is 79.9. The van der Waals surface area contributed by atoms with Crippen LogP contribution in [0.3, 0.4) is 0 Å². The lowest BCUT2D eigenvalue weighted by atomic mass is 10.1. The number of carbonyl (C=O) groups is 2. The Balaban J connectivity index is 1.88. The predicted octanol–water partition coefficient (Wildman–Crippen LogP) is 3.13. The minimum atomic E-state index is -0.418. The summed E-state index contributed by atoms with van der Waals surface area (Å²) in [4.78, 5) is 31.4. The van der Waals surface area contributed by atoms with Crippen molar-refractivity contribution in [2.24, 2.45) is 4.99 Å². The largest absolute Gasteiger partial charge is 0.378 e. The van der Waals surface area contributed by atoms with Crippen LogP contribution in [-0.4, -0.2) is 48.7 Å². The van der Waals surface area contributed by atoms with Gasteiger partial charge in [-0.2, -0.15) is 0 Å². The minimum absolute atomic E-state index is 0.208. The maximum absolute atomic E-state index is 12.9. The van der Waals surface area contributed by atoms with Crippen LogP contribution in [0.15, 0.2) is 64.1 Å². The number of rotatable bonds is 4. The fraction of sp³-hybridized carbons (Fsp3) is 0.250. The first-order chi connectivity index (χ1) is 12.6. The monoisotopic (exact) mass is 414 g/mol. The Hall–Kier alpha value is -2.31. The molecule has 26 heavy (non-hydrogen) atoms. The van der Waals surface area contributed by atoms with Crippen molar-refractivity contribution in [3.05, 3.63) is 70.2 Å². The average molecular weight is 415 g/mol. The first kappa shape index (κ1) is 18.5. The molecule has 5 nitrogen and oxygen atoms in total.